The third-order valence-electron chi connectivity index (χ3n) is 13.5. The van der Waals surface area contributed by atoms with E-state index in [-0.39, 0.29) is 6.61 Å². The van der Waals surface area contributed by atoms with Crippen molar-refractivity contribution in [1.29, 1.82) is 0 Å². The number of hydrogen-bond acceptors (Lipinski definition) is 9. The Bertz CT molecular complexity index is 1220. The molecule has 0 aromatic carbocycles. The van der Waals surface area contributed by atoms with Gasteiger partial charge in [-0.1, -0.05) is 236 Å². The van der Waals surface area contributed by atoms with Gasteiger partial charge in [-0.15, -0.1) is 0 Å². The van der Waals surface area contributed by atoms with E-state index in [1.807, 2.05) is 6.08 Å². The van der Waals surface area contributed by atoms with Crippen LogP contribution in [0.3, 0.4) is 0 Å². The Labute approximate surface area is 416 Å². The highest BCUT2D eigenvalue weighted by Gasteiger charge is 2.44. The van der Waals surface area contributed by atoms with E-state index in [1.54, 1.807) is 6.08 Å². The highest BCUT2D eigenvalue weighted by Crippen LogP contribution is 2.23. The maximum atomic E-state index is 13.1. The molecule has 0 bridgehead atoms. The minimum absolute atomic E-state index is 0.301. The van der Waals surface area contributed by atoms with Crippen LogP contribution in [-0.2, 0) is 14.3 Å². The van der Waals surface area contributed by atoms with Crippen molar-refractivity contribution >= 4 is 5.91 Å². The molecule has 1 fully saturated rings. The summed E-state index contributed by atoms with van der Waals surface area (Å²) >= 11 is 0. The number of rotatable bonds is 48. The first-order valence-electron chi connectivity index (χ1n) is 28.5. The van der Waals surface area contributed by atoms with Gasteiger partial charge in [-0.05, 0) is 64.2 Å². The van der Waals surface area contributed by atoms with E-state index in [1.165, 1.54) is 173 Å². The monoisotopic (exact) mass is 962 g/mol. The lowest BCUT2D eigenvalue weighted by molar-refractivity contribution is -0.302. The summed E-state index contributed by atoms with van der Waals surface area (Å²) in [4.78, 5) is 13.1. The van der Waals surface area contributed by atoms with Crippen molar-refractivity contribution in [2.75, 3.05) is 13.2 Å². The molecule has 1 heterocycles. The summed E-state index contributed by atoms with van der Waals surface area (Å²) in [5.41, 5.74) is 0. The Morgan fingerprint density at radius 3 is 1.32 bits per heavy atom. The van der Waals surface area contributed by atoms with E-state index in [0.29, 0.717) is 19.3 Å². The number of aliphatic hydroxyl groups is 6. The summed E-state index contributed by atoms with van der Waals surface area (Å²) in [5, 5.41) is 64.8. The van der Waals surface area contributed by atoms with E-state index in [0.717, 1.165) is 44.9 Å². The number of aliphatic hydroxyl groups excluding tert-OH is 6. The lowest BCUT2D eigenvalue weighted by atomic mass is 9.99. The summed E-state index contributed by atoms with van der Waals surface area (Å²) < 4.78 is 11.1. The second-order valence-electron chi connectivity index (χ2n) is 19.8. The summed E-state index contributed by atoms with van der Waals surface area (Å²) in [6.45, 7) is 3.55. The number of unbranched alkanes of at least 4 members (excludes halogenated alkanes) is 31. The zero-order valence-electron chi connectivity index (χ0n) is 43.7. The van der Waals surface area contributed by atoms with Crippen molar-refractivity contribution < 1.29 is 44.9 Å². The zero-order valence-corrected chi connectivity index (χ0v) is 43.7. The van der Waals surface area contributed by atoms with Gasteiger partial charge < -0.3 is 45.4 Å². The molecule has 0 aromatic heterocycles. The molecular weight excluding hydrogens is 855 g/mol. The molecule has 1 aliphatic heterocycles. The molecule has 8 atom stereocenters. The highest BCUT2D eigenvalue weighted by molar-refractivity contribution is 5.80. The quantitative estimate of drug-likeness (QED) is 0.0232. The summed E-state index contributed by atoms with van der Waals surface area (Å²) in [6, 6.07) is -1.00. The number of amides is 1. The number of carbonyl (C=O) groups excluding carboxylic acids is 1. The molecule has 398 valence electrons. The fourth-order valence-corrected chi connectivity index (χ4v) is 8.82. The maximum Gasteiger partial charge on any atom is 0.249 e. The van der Waals surface area contributed by atoms with E-state index in [2.05, 4.69) is 55.6 Å². The first-order valence-corrected chi connectivity index (χ1v) is 28.5. The van der Waals surface area contributed by atoms with Crippen LogP contribution in [0.4, 0.5) is 0 Å². The molecule has 10 heteroatoms. The maximum absolute atomic E-state index is 13.1. The van der Waals surface area contributed by atoms with Crippen molar-refractivity contribution in [2.45, 2.75) is 300 Å². The number of ether oxygens (including phenoxy) is 2. The van der Waals surface area contributed by atoms with Gasteiger partial charge in [-0.3, -0.25) is 4.79 Å². The lowest BCUT2D eigenvalue weighted by Gasteiger charge is -2.40. The number of hydrogen-bond donors (Lipinski definition) is 7. The Balaban J connectivity index is 2.17. The largest absolute Gasteiger partial charge is 0.394 e. The third-order valence-corrected chi connectivity index (χ3v) is 13.5. The molecule has 0 aromatic rings. The minimum Gasteiger partial charge on any atom is -0.394 e. The Hall–Kier alpha value is -1.89. The molecule has 68 heavy (non-hydrogen) atoms. The molecule has 1 aliphatic rings. The summed E-state index contributed by atoms with van der Waals surface area (Å²) in [5.74, 6) is -0.630. The first-order chi connectivity index (χ1) is 33.3. The Morgan fingerprint density at radius 2 is 0.882 bits per heavy atom. The second kappa shape index (κ2) is 47.4. The van der Waals surface area contributed by atoms with E-state index < -0.39 is 61.5 Å². The number of allylic oxidation sites excluding steroid dienone is 7. The van der Waals surface area contributed by atoms with E-state index in [9.17, 15) is 35.4 Å². The van der Waals surface area contributed by atoms with Gasteiger partial charge in [-0.2, -0.15) is 0 Å². The van der Waals surface area contributed by atoms with Crippen molar-refractivity contribution in [3.63, 3.8) is 0 Å². The van der Waals surface area contributed by atoms with Crippen LogP contribution in [0.1, 0.15) is 251 Å². The molecule has 0 spiro atoms. The number of nitrogens with one attached hydrogen (secondary N) is 1. The fourth-order valence-electron chi connectivity index (χ4n) is 8.82. The Morgan fingerprint density at radius 1 is 0.500 bits per heavy atom. The van der Waals surface area contributed by atoms with Crippen LogP contribution < -0.4 is 5.32 Å². The van der Waals surface area contributed by atoms with Gasteiger partial charge in [0.15, 0.2) is 6.29 Å². The SMILES string of the molecule is CCCC/C=C/CC/C=C/CC/C=C/C(O)C(COC1OC(CO)C(O)C(O)C1O)NC(=O)C(O)CCCCCCCCCCCCCCCCC/C=C\CCCCCCCCCCCCCC. The fraction of sp³-hybridized carbons (Fsp3) is 0.845. The summed E-state index contributed by atoms with van der Waals surface area (Å²) in [7, 11) is 0. The van der Waals surface area contributed by atoms with Crippen LogP contribution in [0, 0.1) is 0 Å². The molecule has 1 amide bonds. The highest BCUT2D eigenvalue weighted by atomic mass is 16.7. The van der Waals surface area contributed by atoms with Crippen molar-refractivity contribution in [1.82, 2.24) is 5.32 Å². The van der Waals surface area contributed by atoms with E-state index in [4.69, 9.17) is 9.47 Å². The Kier molecular flexibility index (Phi) is 44.7. The topological polar surface area (TPSA) is 169 Å². The first kappa shape index (κ1) is 64.1. The van der Waals surface area contributed by atoms with Crippen molar-refractivity contribution in [3.8, 4) is 0 Å². The standard InChI is InChI=1S/C58H107NO9/c1-3-5-7-9-11-13-15-17-18-19-20-21-22-23-24-25-26-27-28-29-30-31-32-33-34-35-37-39-41-43-45-47-52(62)57(66)59-50(49-67-58-56(65)55(64)54(63)53(48-60)68-58)51(61)46-44-42-40-38-36-16-14-12-10-8-6-4-2/h10,12,23-24,36,38,44,46,50-56,58,60-65H,3-9,11,13-22,25-35,37,39-43,45,47-49H2,1-2H3,(H,59,66)/b12-10+,24-23-,38-36+,46-44+. The molecule has 1 rings (SSSR count). The van der Waals surface area contributed by atoms with Crippen LogP contribution in [0.25, 0.3) is 0 Å². The molecule has 0 radical (unpaired) electrons. The van der Waals surface area contributed by atoms with Crippen molar-refractivity contribution in [3.05, 3.63) is 48.6 Å². The third kappa shape index (κ3) is 36.1. The average Bonchev–Trinajstić information content (AvgIpc) is 3.34. The summed E-state index contributed by atoms with van der Waals surface area (Å²) in [6.07, 6.45) is 52.4. The second-order valence-corrected chi connectivity index (χ2v) is 19.8. The molecule has 0 aliphatic carbocycles. The van der Waals surface area contributed by atoms with Gasteiger partial charge in [0.2, 0.25) is 5.91 Å². The lowest BCUT2D eigenvalue weighted by Crippen LogP contribution is -2.60. The van der Waals surface area contributed by atoms with Crippen LogP contribution in [-0.4, -0.2) is 98.7 Å². The smallest absolute Gasteiger partial charge is 0.249 e. The average molecular weight is 962 g/mol. The predicted molar refractivity (Wildman–Crippen MR) is 282 cm³/mol. The van der Waals surface area contributed by atoms with Crippen molar-refractivity contribution in [2.24, 2.45) is 0 Å². The molecule has 8 unspecified atom stereocenters. The van der Waals surface area contributed by atoms with Crippen LogP contribution in [0.5, 0.6) is 0 Å². The normalized spacial score (nSPS) is 20.4. The van der Waals surface area contributed by atoms with Gasteiger partial charge in [0.1, 0.15) is 30.5 Å². The van der Waals surface area contributed by atoms with Gasteiger partial charge >= 0.3 is 0 Å². The molecule has 10 nitrogen and oxygen atoms in total. The van der Waals surface area contributed by atoms with Crippen LogP contribution in [0.2, 0.25) is 0 Å². The van der Waals surface area contributed by atoms with Gasteiger partial charge in [0.25, 0.3) is 0 Å². The minimum atomic E-state index is -1.62. The zero-order chi connectivity index (χ0) is 49.6. The predicted octanol–water partition coefficient (Wildman–Crippen LogP) is 12.7. The molecule has 1 saturated heterocycles. The van der Waals surface area contributed by atoms with Crippen LogP contribution in [0.15, 0.2) is 48.6 Å². The van der Waals surface area contributed by atoms with Gasteiger partial charge in [-0.25, -0.2) is 0 Å². The number of carbonyl (C=O) groups is 1. The van der Waals surface area contributed by atoms with E-state index >= 15 is 0 Å². The molecule has 7 N–H and O–H groups in total. The molecule has 0 saturated carbocycles. The van der Waals surface area contributed by atoms with Gasteiger partial charge in [0.05, 0.1) is 25.4 Å². The van der Waals surface area contributed by atoms with Crippen LogP contribution >= 0.6 is 0 Å². The van der Waals surface area contributed by atoms with Gasteiger partial charge in [0, 0.05) is 0 Å². The molecular formula is C58H107NO9.